The van der Waals surface area contributed by atoms with E-state index in [-0.39, 0.29) is 23.3 Å². The predicted octanol–water partition coefficient (Wildman–Crippen LogP) is 1.90. The first kappa shape index (κ1) is 21.6. The molecule has 2 atom stereocenters. The number of halogens is 1. The van der Waals surface area contributed by atoms with E-state index in [1.165, 1.54) is 12.3 Å². The number of sulfone groups is 1. The van der Waals surface area contributed by atoms with Gasteiger partial charge in [-0.25, -0.2) is 23.1 Å². The van der Waals surface area contributed by atoms with Crippen molar-refractivity contribution in [1.29, 1.82) is 0 Å². The number of pyridine rings is 1. The molecule has 3 heterocycles. The third kappa shape index (κ3) is 4.83. The van der Waals surface area contributed by atoms with Gasteiger partial charge in [0.05, 0.1) is 16.8 Å². The molecule has 0 aliphatic rings. The standard InChI is InChI=1S/C17H14FN5O5S3/c1-31(26,27)15(16-23-22-14(28-16)8-20-30(24)25)17-21-11-4-2-9(6-12(11)29-17)10-3-5-13(18)19-7-10/h2-7,15,20H,8H2,1H3,(H,24,25)/p-1. The van der Waals surface area contributed by atoms with E-state index in [0.717, 1.165) is 23.2 Å². The molecule has 0 spiro atoms. The molecule has 0 saturated carbocycles. The molecule has 4 rings (SSSR count). The number of hydrogen-bond acceptors (Lipinski definition) is 10. The minimum absolute atomic E-state index is 0.0833. The topological polar surface area (TPSA) is 151 Å². The number of nitrogens with zero attached hydrogens (tertiary/aromatic N) is 4. The van der Waals surface area contributed by atoms with E-state index >= 15 is 0 Å². The van der Waals surface area contributed by atoms with Gasteiger partial charge in [-0.15, -0.1) is 21.5 Å². The van der Waals surface area contributed by atoms with Crippen molar-refractivity contribution in [3.8, 4) is 11.1 Å². The van der Waals surface area contributed by atoms with E-state index in [4.69, 9.17) is 4.42 Å². The molecule has 0 saturated heterocycles. The number of hydrogen-bond donors (Lipinski definition) is 1. The van der Waals surface area contributed by atoms with Crippen LogP contribution in [0.4, 0.5) is 4.39 Å². The highest BCUT2D eigenvalue weighted by Gasteiger charge is 2.33. The molecular weight excluding hydrogens is 469 g/mol. The molecule has 162 valence electrons. The van der Waals surface area contributed by atoms with E-state index in [9.17, 15) is 21.6 Å². The number of benzene rings is 1. The smallest absolute Gasteiger partial charge is 0.241 e. The number of aromatic nitrogens is 4. The van der Waals surface area contributed by atoms with Gasteiger partial charge in [-0.3, -0.25) is 4.21 Å². The Morgan fingerprint density at radius 1 is 1.26 bits per heavy atom. The second-order valence-corrected chi connectivity index (χ2v) is 10.4. The van der Waals surface area contributed by atoms with E-state index < -0.39 is 32.3 Å². The van der Waals surface area contributed by atoms with Crippen LogP contribution >= 0.6 is 11.3 Å². The van der Waals surface area contributed by atoms with Gasteiger partial charge in [0, 0.05) is 29.3 Å². The van der Waals surface area contributed by atoms with E-state index in [2.05, 4.69) is 24.9 Å². The number of nitrogens with one attached hydrogen (secondary N) is 1. The monoisotopic (exact) mass is 482 g/mol. The molecule has 0 radical (unpaired) electrons. The molecule has 0 aliphatic carbocycles. The maximum absolute atomic E-state index is 13.1. The van der Waals surface area contributed by atoms with Crippen LogP contribution < -0.4 is 4.72 Å². The van der Waals surface area contributed by atoms with Gasteiger partial charge in [0.1, 0.15) is 5.01 Å². The summed E-state index contributed by atoms with van der Waals surface area (Å²) in [5, 5.41) is 6.37. The third-order valence-corrected chi connectivity index (χ3v) is 7.06. The van der Waals surface area contributed by atoms with E-state index in [1.807, 2.05) is 0 Å². The van der Waals surface area contributed by atoms with Crippen molar-refractivity contribution in [1.82, 2.24) is 24.9 Å². The lowest BCUT2D eigenvalue weighted by molar-refractivity contribution is 0.441. The highest BCUT2D eigenvalue weighted by atomic mass is 32.2. The summed E-state index contributed by atoms with van der Waals surface area (Å²) in [6.45, 7) is -0.269. The van der Waals surface area contributed by atoms with Crippen molar-refractivity contribution in [3.63, 3.8) is 0 Å². The quantitative estimate of drug-likeness (QED) is 0.307. The van der Waals surface area contributed by atoms with Crippen molar-refractivity contribution >= 4 is 42.7 Å². The largest absolute Gasteiger partial charge is 0.760 e. The molecule has 2 unspecified atom stereocenters. The molecule has 1 aromatic carbocycles. The van der Waals surface area contributed by atoms with Crippen molar-refractivity contribution < 1.29 is 26.0 Å². The second kappa shape index (κ2) is 8.47. The van der Waals surface area contributed by atoms with Crippen LogP contribution in [-0.2, 0) is 27.6 Å². The van der Waals surface area contributed by atoms with Gasteiger partial charge in [-0.2, -0.15) is 4.39 Å². The zero-order valence-electron chi connectivity index (χ0n) is 15.7. The maximum atomic E-state index is 13.1. The first-order valence-electron chi connectivity index (χ1n) is 8.57. The summed E-state index contributed by atoms with van der Waals surface area (Å²) in [6.07, 6.45) is 2.43. The van der Waals surface area contributed by atoms with E-state index in [1.54, 1.807) is 24.3 Å². The highest BCUT2D eigenvalue weighted by Crippen LogP contribution is 2.36. The molecule has 4 aromatic rings. The summed E-state index contributed by atoms with van der Waals surface area (Å²) in [7, 11) is -3.75. The molecule has 0 aliphatic heterocycles. The number of thiazole rings is 1. The van der Waals surface area contributed by atoms with Crippen LogP contribution in [0.1, 0.15) is 22.0 Å². The normalized spacial score (nSPS) is 14.0. The maximum Gasteiger partial charge on any atom is 0.241 e. The fraction of sp³-hybridized carbons (Fsp3) is 0.176. The Bertz CT molecular complexity index is 1370. The summed E-state index contributed by atoms with van der Waals surface area (Å²) in [6, 6.07) is 8.14. The van der Waals surface area contributed by atoms with Crippen LogP contribution in [0.2, 0.25) is 0 Å². The minimum atomic E-state index is -3.75. The summed E-state index contributed by atoms with van der Waals surface area (Å²) in [5.41, 5.74) is 2.03. The van der Waals surface area contributed by atoms with Gasteiger partial charge in [0.2, 0.25) is 17.7 Å². The molecule has 0 fully saturated rings. The Kier molecular flexibility index (Phi) is 5.90. The van der Waals surface area contributed by atoms with Gasteiger partial charge in [0.25, 0.3) is 0 Å². The molecular formula is C17H13FN5O5S3-. The fourth-order valence-corrected chi connectivity index (χ4v) is 5.59. The van der Waals surface area contributed by atoms with Gasteiger partial charge in [0.15, 0.2) is 15.1 Å². The Labute approximate surface area is 181 Å². The molecule has 14 heteroatoms. The SMILES string of the molecule is CS(=O)(=O)C(c1nnc(CNS(=O)[O-])o1)c1nc2ccc(-c3ccc(F)nc3)cc2s1. The van der Waals surface area contributed by atoms with Crippen LogP contribution in [-0.4, -0.2) is 43.6 Å². The summed E-state index contributed by atoms with van der Waals surface area (Å²) < 4.78 is 67.4. The van der Waals surface area contributed by atoms with Crippen LogP contribution in [0.3, 0.4) is 0 Å². The first-order valence-corrected chi connectivity index (χ1v) is 12.4. The summed E-state index contributed by atoms with van der Waals surface area (Å²) in [4.78, 5) is 8.05. The van der Waals surface area contributed by atoms with Crippen LogP contribution in [0.25, 0.3) is 21.3 Å². The highest BCUT2D eigenvalue weighted by molar-refractivity contribution is 7.91. The Balaban J connectivity index is 1.71. The predicted molar refractivity (Wildman–Crippen MR) is 110 cm³/mol. The molecule has 10 nitrogen and oxygen atoms in total. The average Bonchev–Trinajstić information content (AvgIpc) is 3.32. The Morgan fingerprint density at radius 2 is 2.03 bits per heavy atom. The lowest BCUT2D eigenvalue weighted by atomic mass is 10.1. The minimum Gasteiger partial charge on any atom is -0.760 e. The second-order valence-electron chi connectivity index (χ2n) is 6.40. The van der Waals surface area contributed by atoms with Gasteiger partial charge >= 0.3 is 0 Å². The van der Waals surface area contributed by atoms with Crippen molar-refractivity contribution in [2.24, 2.45) is 0 Å². The van der Waals surface area contributed by atoms with Crippen molar-refractivity contribution in [2.75, 3.05) is 6.26 Å². The van der Waals surface area contributed by atoms with Gasteiger partial charge < -0.3 is 8.97 Å². The molecule has 0 bridgehead atoms. The Morgan fingerprint density at radius 3 is 2.71 bits per heavy atom. The van der Waals surface area contributed by atoms with Crippen molar-refractivity contribution in [2.45, 2.75) is 11.8 Å². The molecule has 3 aromatic heterocycles. The lowest BCUT2D eigenvalue weighted by Crippen LogP contribution is -2.15. The van der Waals surface area contributed by atoms with Gasteiger partial charge in [-0.1, -0.05) is 6.07 Å². The third-order valence-electron chi connectivity index (χ3n) is 4.17. The first-order chi connectivity index (χ1) is 14.7. The number of rotatable bonds is 7. The zero-order chi connectivity index (χ0) is 22.2. The van der Waals surface area contributed by atoms with E-state index in [0.29, 0.717) is 15.8 Å². The summed E-state index contributed by atoms with van der Waals surface area (Å²) >= 11 is -1.39. The Hall–Kier alpha value is -2.65. The van der Waals surface area contributed by atoms with Crippen LogP contribution in [0, 0.1) is 5.95 Å². The van der Waals surface area contributed by atoms with Crippen molar-refractivity contribution in [3.05, 3.63) is 59.3 Å². The number of fused-ring (bicyclic) bond motifs is 1. The molecule has 1 N–H and O–H groups in total. The van der Waals surface area contributed by atoms with Crippen LogP contribution in [0.15, 0.2) is 40.9 Å². The van der Waals surface area contributed by atoms with Crippen LogP contribution in [0.5, 0.6) is 0 Å². The molecule has 0 amide bonds. The lowest BCUT2D eigenvalue weighted by Gasteiger charge is -2.07. The fourth-order valence-electron chi connectivity index (χ4n) is 2.82. The molecule has 31 heavy (non-hydrogen) atoms. The van der Waals surface area contributed by atoms with Gasteiger partial charge in [-0.05, 0) is 29.8 Å². The summed E-state index contributed by atoms with van der Waals surface area (Å²) in [5.74, 6) is -0.880. The zero-order valence-corrected chi connectivity index (χ0v) is 18.1. The average molecular weight is 483 g/mol.